The molecule has 0 radical (unpaired) electrons. The summed E-state index contributed by atoms with van der Waals surface area (Å²) in [5.74, 6) is -1.74. The van der Waals surface area contributed by atoms with E-state index >= 15 is 0 Å². The number of hydrogen-bond acceptors (Lipinski definition) is 5. The zero-order valence-corrected chi connectivity index (χ0v) is 16.3. The Balaban J connectivity index is 1.70. The molecule has 0 bridgehead atoms. The molecular formula is C18H16ClFN2O5S. The van der Waals surface area contributed by atoms with Gasteiger partial charge in [-0.1, -0.05) is 17.7 Å². The lowest BCUT2D eigenvalue weighted by molar-refractivity contribution is -0.118. The van der Waals surface area contributed by atoms with Crippen LogP contribution in [0.25, 0.3) is 0 Å². The summed E-state index contributed by atoms with van der Waals surface area (Å²) in [7, 11) is -3.90. The smallest absolute Gasteiger partial charge is 0.262 e. The first-order valence-electron chi connectivity index (χ1n) is 8.20. The van der Waals surface area contributed by atoms with Gasteiger partial charge in [-0.05, 0) is 30.7 Å². The average molecular weight is 427 g/mol. The summed E-state index contributed by atoms with van der Waals surface area (Å²) in [6, 6.07) is 6.70. The molecule has 148 valence electrons. The molecule has 0 saturated heterocycles. The number of benzene rings is 2. The quantitative estimate of drug-likeness (QED) is 0.765. The van der Waals surface area contributed by atoms with Gasteiger partial charge in [0.2, 0.25) is 5.91 Å². The molecule has 0 aliphatic carbocycles. The number of rotatable bonds is 5. The van der Waals surface area contributed by atoms with Crippen molar-refractivity contribution in [2.75, 3.05) is 23.0 Å². The van der Waals surface area contributed by atoms with Crippen molar-refractivity contribution in [3.63, 3.8) is 0 Å². The third-order valence-electron chi connectivity index (χ3n) is 4.06. The summed E-state index contributed by atoms with van der Waals surface area (Å²) in [4.78, 5) is 23.2. The molecular weight excluding hydrogens is 411 g/mol. The molecule has 2 amide bonds. The van der Waals surface area contributed by atoms with Gasteiger partial charge in [0.15, 0.2) is 16.4 Å². The van der Waals surface area contributed by atoms with E-state index < -0.39 is 27.3 Å². The van der Waals surface area contributed by atoms with Crippen molar-refractivity contribution in [3.8, 4) is 5.75 Å². The molecule has 1 aliphatic heterocycles. The Kier molecular flexibility index (Phi) is 5.57. The Bertz CT molecular complexity index is 1070. The molecule has 10 heteroatoms. The van der Waals surface area contributed by atoms with E-state index in [0.29, 0.717) is 5.56 Å². The molecule has 1 aliphatic rings. The second kappa shape index (κ2) is 7.76. The van der Waals surface area contributed by atoms with Crippen LogP contribution in [-0.4, -0.2) is 32.6 Å². The number of hydrogen-bond donors (Lipinski definition) is 2. The van der Waals surface area contributed by atoms with E-state index in [9.17, 15) is 22.4 Å². The minimum atomic E-state index is -3.90. The fourth-order valence-corrected chi connectivity index (χ4v) is 4.38. The van der Waals surface area contributed by atoms with Crippen molar-refractivity contribution in [2.24, 2.45) is 0 Å². The Morgan fingerprint density at radius 3 is 2.79 bits per heavy atom. The molecule has 0 spiro atoms. The normalized spacial score (nSPS) is 13.3. The van der Waals surface area contributed by atoms with E-state index in [1.165, 1.54) is 24.3 Å². The molecule has 0 saturated carbocycles. The first kappa shape index (κ1) is 20.1. The number of sulfone groups is 1. The summed E-state index contributed by atoms with van der Waals surface area (Å²) < 4.78 is 43.9. The van der Waals surface area contributed by atoms with Crippen LogP contribution in [0, 0.1) is 12.7 Å². The summed E-state index contributed by atoms with van der Waals surface area (Å²) in [6.07, 6.45) is -0.344. The maximum atomic E-state index is 13.5. The minimum Gasteiger partial charge on any atom is -0.482 e. The summed E-state index contributed by atoms with van der Waals surface area (Å²) in [6.45, 7) is 1.36. The topological polar surface area (TPSA) is 102 Å². The lowest BCUT2D eigenvalue weighted by atomic mass is 10.2. The van der Waals surface area contributed by atoms with Gasteiger partial charge in [-0.25, -0.2) is 12.8 Å². The maximum absolute atomic E-state index is 13.5. The van der Waals surface area contributed by atoms with E-state index in [1.807, 2.05) is 0 Å². The Morgan fingerprint density at radius 1 is 1.32 bits per heavy atom. The van der Waals surface area contributed by atoms with Crippen LogP contribution in [-0.2, 0) is 19.4 Å². The van der Waals surface area contributed by atoms with Crippen LogP contribution >= 0.6 is 11.6 Å². The first-order chi connectivity index (χ1) is 13.2. The van der Waals surface area contributed by atoms with Gasteiger partial charge >= 0.3 is 0 Å². The second-order valence-corrected chi connectivity index (χ2v) is 8.68. The largest absolute Gasteiger partial charge is 0.482 e. The molecule has 7 nitrogen and oxygen atoms in total. The molecule has 1 heterocycles. The summed E-state index contributed by atoms with van der Waals surface area (Å²) in [5, 5.41) is 4.89. The molecule has 2 N–H and O–H groups in total. The van der Waals surface area contributed by atoms with E-state index in [4.69, 9.17) is 16.3 Å². The van der Waals surface area contributed by atoms with Gasteiger partial charge in [0.05, 0.1) is 21.4 Å². The third-order valence-corrected chi connectivity index (χ3v) is 6.23. The first-order valence-corrected chi connectivity index (χ1v) is 10.2. The fourth-order valence-electron chi connectivity index (χ4n) is 2.55. The van der Waals surface area contributed by atoms with Crippen molar-refractivity contribution >= 4 is 44.6 Å². The Hall–Kier alpha value is -2.65. The number of carbonyl (C=O) groups excluding carboxylic acids is 2. The molecule has 3 rings (SSSR count). The van der Waals surface area contributed by atoms with Crippen molar-refractivity contribution in [1.82, 2.24) is 0 Å². The highest BCUT2D eigenvalue weighted by molar-refractivity contribution is 7.91. The van der Waals surface area contributed by atoms with Gasteiger partial charge in [0.25, 0.3) is 5.91 Å². The molecule has 2 aromatic rings. The highest BCUT2D eigenvalue weighted by Crippen LogP contribution is 2.36. The lowest BCUT2D eigenvalue weighted by Gasteiger charge is -2.19. The molecule has 28 heavy (non-hydrogen) atoms. The number of ether oxygens (including phenoxy) is 1. The van der Waals surface area contributed by atoms with Crippen molar-refractivity contribution in [2.45, 2.75) is 18.2 Å². The van der Waals surface area contributed by atoms with Crippen LogP contribution in [0.3, 0.4) is 0 Å². The van der Waals surface area contributed by atoms with Crippen LogP contribution in [0.15, 0.2) is 35.2 Å². The van der Waals surface area contributed by atoms with E-state index in [-0.39, 0.29) is 46.0 Å². The maximum Gasteiger partial charge on any atom is 0.262 e. The third kappa shape index (κ3) is 4.42. The standard InChI is InChI=1S/C18H16ClFN2O5S/c1-10-2-3-11(6-13(10)20)21-17(23)4-5-28(25,26)16-8-15-14(7-12(16)19)22-18(24)9-27-15/h2-3,6-8H,4-5,9H2,1H3,(H,21,23)(H,22,24). The van der Waals surface area contributed by atoms with Gasteiger partial charge in [0.1, 0.15) is 11.6 Å². The number of aryl methyl sites for hydroxylation is 1. The predicted octanol–water partition coefficient (Wildman–Crippen LogP) is 2.92. The SMILES string of the molecule is Cc1ccc(NC(=O)CCS(=O)(=O)c2cc3c(cc2Cl)NC(=O)CO3)cc1F. The van der Waals surface area contributed by atoms with Gasteiger partial charge in [0, 0.05) is 18.2 Å². The fraction of sp³-hybridized carbons (Fsp3) is 0.222. The number of carbonyl (C=O) groups is 2. The van der Waals surface area contributed by atoms with Gasteiger partial charge < -0.3 is 15.4 Å². The summed E-state index contributed by atoms with van der Waals surface area (Å²) >= 11 is 6.04. The van der Waals surface area contributed by atoms with Crippen LogP contribution in [0.1, 0.15) is 12.0 Å². The van der Waals surface area contributed by atoms with E-state index in [2.05, 4.69) is 10.6 Å². The molecule has 2 aromatic carbocycles. The van der Waals surface area contributed by atoms with Gasteiger partial charge in [-0.3, -0.25) is 9.59 Å². The molecule has 0 fully saturated rings. The van der Waals surface area contributed by atoms with Gasteiger partial charge in [-0.15, -0.1) is 0 Å². The number of halogens is 2. The number of fused-ring (bicyclic) bond motifs is 1. The zero-order chi connectivity index (χ0) is 20.5. The van der Waals surface area contributed by atoms with Crippen molar-refractivity contribution in [1.29, 1.82) is 0 Å². The highest BCUT2D eigenvalue weighted by Gasteiger charge is 2.25. The van der Waals surface area contributed by atoms with Crippen molar-refractivity contribution in [3.05, 3.63) is 46.7 Å². The van der Waals surface area contributed by atoms with Gasteiger partial charge in [-0.2, -0.15) is 0 Å². The molecule has 0 aromatic heterocycles. The lowest BCUT2D eigenvalue weighted by Crippen LogP contribution is -2.25. The Labute approximate surface area is 165 Å². The van der Waals surface area contributed by atoms with Crippen LogP contribution < -0.4 is 15.4 Å². The minimum absolute atomic E-state index is 0.0921. The zero-order valence-electron chi connectivity index (χ0n) is 14.7. The second-order valence-electron chi connectivity index (χ2n) is 6.20. The van der Waals surface area contributed by atoms with E-state index in [1.54, 1.807) is 6.92 Å². The molecule has 0 unspecified atom stereocenters. The molecule has 0 atom stereocenters. The average Bonchev–Trinajstić information content (AvgIpc) is 2.62. The highest BCUT2D eigenvalue weighted by atomic mass is 35.5. The van der Waals surface area contributed by atoms with Crippen LogP contribution in [0.2, 0.25) is 5.02 Å². The van der Waals surface area contributed by atoms with E-state index in [0.717, 1.165) is 6.07 Å². The number of nitrogens with one attached hydrogen (secondary N) is 2. The monoisotopic (exact) mass is 426 g/mol. The van der Waals surface area contributed by atoms with Crippen molar-refractivity contribution < 1.29 is 27.1 Å². The van der Waals surface area contributed by atoms with Crippen LogP contribution in [0.4, 0.5) is 15.8 Å². The predicted molar refractivity (Wildman–Crippen MR) is 102 cm³/mol. The van der Waals surface area contributed by atoms with Crippen LogP contribution in [0.5, 0.6) is 5.75 Å². The number of amides is 2. The summed E-state index contributed by atoms with van der Waals surface area (Å²) in [5.41, 5.74) is 0.946. The number of anilines is 2. The Morgan fingerprint density at radius 2 is 2.07 bits per heavy atom.